The summed E-state index contributed by atoms with van der Waals surface area (Å²) in [6.45, 7) is 13.6. The maximum Gasteiger partial charge on any atom is 0.0299 e. The molecule has 0 unspecified atom stereocenters. The van der Waals surface area contributed by atoms with E-state index in [1.807, 2.05) is 11.3 Å². The Morgan fingerprint density at radius 1 is 1.44 bits per heavy atom. The fraction of sp³-hybridized carbons (Fsp3) is 0.733. The summed E-state index contributed by atoms with van der Waals surface area (Å²) in [6, 6.07) is 2.40. The molecule has 1 saturated heterocycles. The number of hydrogen-bond acceptors (Lipinski definition) is 3. The van der Waals surface area contributed by atoms with Crippen LogP contribution in [0.4, 0.5) is 0 Å². The van der Waals surface area contributed by atoms with Crippen LogP contribution in [0.2, 0.25) is 0 Å². The first-order valence-corrected chi connectivity index (χ1v) is 7.88. The minimum Gasteiger partial charge on any atom is -0.312 e. The third kappa shape index (κ3) is 3.14. The van der Waals surface area contributed by atoms with Crippen LogP contribution in [0.1, 0.15) is 48.9 Å². The monoisotopic (exact) mass is 266 g/mol. The molecule has 102 valence electrons. The maximum absolute atomic E-state index is 3.41. The van der Waals surface area contributed by atoms with E-state index in [-0.39, 0.29) is 0 Å². The van der Waals surface area contributed by atoms with Gasteiger partial charge in [0, 0.05) is 28.4 Å². The molecule has 1 aromatic rings. The lowest BCUT2D eigenvalue weighted by molar-refractivity contribution is 0.166. The topological polar surface area (TPSA) is 15.3 Å². The Kier molecular flexibility index (Phi) is 4.46. The smallest absolute Gasteiger partial charge is 0.0299 e. The zero-order valence-electron chi connectivity index (χ0n) is 12.2. The summed E-state index contributed by atoms with van der Waals surface area (Å²) in [7, 11) is 0. The van der Waals surface area contributed by atoms with Crippen LogP contribution < -0.4 is 5.32 Å². The second-order valence-corrected chi connectivity index (χ2v) is 7.25. The zero-order chi connectivity index (χ0) is 13.2. The van der Waals surface area contributed by atoms with E-state index < -0.39 is 0 Å². The van der Waals surface area contributed by atoms with E-state index in [0.717, 1.165) is 19.6 Å². The van der Waals surface area contributed by atoms with Crippen molar-refractivity contribution in [3.8, 4) is 0 Å². The second kappa shape index (κ2) is 5.72. The molecule has 1 aromatic heterocycles. The minimum absolute atomic E-state index is 0.385. The Morgan fingerprint density at radius 3 is 2.83 bits per heavy atom. The third-order valence-electron chi connectivity index (χ3n) is 4.05. The average molecular weight is 266 g/mol. The molecule has 0 amide bonds. The van der Waals surface area contributed by atoms with Crippen molar-refractivity contribution in [3.63, 3.8) is 0 Å². The Labute approximate surface area is 115 Å². The zero-order valence-corrected chi connectivity index (χ0v) is 13.0. The molecular formula is C15H26N2S. The predicted molar refractivity (Wildman–Crippen MR) is 80.2 cm³/mol. The Morgan fingerprint density at radius 2 is 2.22 bits per heavy atom. The van der Waals surface area contributed by atoms with Gasteiger partial charge >= 0.3 is 0 Å². The van der Waals surface area contributed by atoms with Gasteiger partial charge in [-0.25, -0.2) is 0 Å². The van der Waals surface area contributed by atoms with Crippen LogP contribution in [0.5, 0.6) is 0 Å². The Bertz CT molecular complexity index is 395. The van der Waals surface area contributed by atoms with Crippen LogP contribution in [-0.4, -0.2) is 23.5 Å². The summed E-state index contributed by atoms with van der Waals surface area (Å²) in [5.41, 5.74) is 1.92. The molecule has 1 N–H and O–H groups in total. The van der Waals surface area contributed by atoms with Gasteiger partial charge in [0.25, 0.3) is 0 Å². The highest BCUT2D eigenvalue weighted by Crippen LogP contribution is 2.32. The van der Waals surface area contributed by atoms with E-state index in [0.29, 0.717) is 5.54 Å². The van der Waals surface area contributed by atoms with Crippen LogP contribution in [0.25, 0.3) is 0 Å². The van der Waals surface area contributed by atoms with Gasteiger partial charge in [-0.1, -0.05) is 6.92 Å². The van der Waals surface area contributed by atoms with Crippen molar-refractivity contribution in [1.82, 2.24) is 10.2 Å². The number of hydrogen-bond donors (Lipinski definition) is 1. The first kappa shape index (κ1) is 14.0. The Hall–Kier alpha value is -0.380. The van der Waals surface area contributed by atoms with E-state index in [9.17, 15) is 0 Å². The number of thiophene rings is 1. The minimum atomic E-state index is 0.385. The Balaban J connectivity index is 2.03. The molecule has 0 spiro atoms. The number of rotatable bonds is 5. The van der Waals surface area contributed by atoms with Gasteiger partial charge < -0.3 is 5.32 Å². The van der Waals surface area contributed by atoms with Gasteiger partial charge in [0.05, 0.1) is 0 Å². The standard InChI is InChI=1S/C15H26N2S/c1-5-16-10-14-9-13(12(2)18-14)11-17-8-6-7-15(17,3)4/h9,16H,5-8,10-11H2,1-4H3. The first-order chi connectivity index (χ1) is 8.53. The summed E-state index contributed by atoms with van der Waals surface area (Å²) in [5.74, 6) is 0. The summed E-state index contributed by atoms with van der Waals surface area (Å²) in [6.07, 6.45) is 2.68. The lowest BCUT2D eigenvalue weighted by Gasteiger charge is -2.31. The lowest BCUT2D eigenvalue weighted by Crippen LogP contribution is -2.37. The van der Waals surface area contributed by atoms with Crippen molar-refractivity contribution in [3.05, 3.63) is 21.4 Å². The SMILES string of the molecule is CCNCc1cc(CN2CCCC2(C)C)c(C)s1. The molecule has 0 radical (unpaired) electrons. The largest absolute Gasteiger partial charge is 0.312 e. The van der Waals surface area contributed by atoms with Crippen LogP contribution in [-0.2, 0) is 13.1 Å². The van der Waals surface area contributed by atoms with Gasteiger partial charge in [-0.15, -0.1) is 11.3 Å². The molecule has 0 aromatic carbocycles. The molecule has 18 heavy (non-hydrogen) atoms. The van der Waals surface area contributed by atoms with Crippen molar-refractivity contribution >= 4 is 11.3 Å². The lowest BCUT2D eigenvalue weighted by atomic mass is 10.0. The van der Waals surface area contributed by atoms with Crippen molar-refractivity contribution in [2.24, 2.45) is 0 Å². The van der Waals surface area contributed by atoms with Gasteiger partial charge in [-0.05, 0) is 58.3 Å². The highest BCUT2D eigenvalue weighted by Gasteiger charge is 2.31. The molecule has 1 aliphatic rings. The van der Waals surface area contributed by atoms with E-state index in [4.69, 9.17) is 0 Å². The fourth-order valence-electron chi connectivity index (χ4n) is 2.74. The molecule has 2 nitrogen and oxygen atoms in total. The number of nitrogens with one attached hydrogen (secondary N) is 1. The normalized spacial score (nSPS) is 19.6. The molecule has 2 heterocycles. The first-order valence-electron chi connectivity index (χ1n) is 7.07. The molecule has 1 aliphatic heterocycles. The van der Waals surface area contributed by atoms with Gasteiger partial charge in [0.1, 0.15) is 0 Å². The number of nitrogens with zero attached hydrogens (tertiary/aromatic N) is 1. The van der Waals surface area contributed by atoms with Crippen LogP contribution in [0, 0.1) is 6.92 Å². The van der Waals surface area contributed by atoms with E-state index in [2.05, 4.69) is 44.0 Å². The molecule has 0 bridgehead atoms. The number of aryl methyl sites for hydroxylation is 1. The highest BCUT2D eigenvalue weighted by molar-refractivity contribution is 7.12. The predicted octanol–water partition coefficient (Wildman–Crippen LogP) is 3.54. The summed E-state index contributed by atoms with van der Waals surface area (Å²) < 4.78 is 0. The van der Waals surface area contributed by atoms with Crippen molar-refractivity contribution < 1.29 is 0 Å². The quantitative estimate of drug-likeness (QED) is 0.877. The summed E-state index contributed by atoms with van der Waals surface area (Å²) in [5, 5.41) is 3.41. The molecule has 2 rings (SSSR count). The van der Waals surface area contributed by atoms with E-state index in [1.54, 1.807) is 0 Å². The molecule has 1 fully saturated rings. The van der Waals surface area contributed by atoms with Gasteiger partial charge in [-0.2, -0.15) is 0 Å². The molecule has 0 atom stereocenters. The van der Waals surface area contributed by atoms with Crippen molar-refractivity contribution in [2.45, 2.75) is 59.2 Å². The van der Waals surface area contributed by atoms with Crippen molar-refractivity contribution in [1.29, 1.82) is 0 Å². The van der Waals surface area contributed by atoms with Crippen molar-refractivity contribution in [2.75, 3.05) is 13.1 Å². The molecular weight excluding hydrogens is 240 g/mol. The van der Waals surface area contributed by atoms with Gasteiger partial charge in [0.2, 0.25) is 0 Å². The van der Waals surface area contributed by atoms with Crippen LogP contribution in [0.3, 0.4) is 0 Å². The summed E-state index contributed by atoms with van der Waals surface area (Å²) in [4.78, 5) is 5.60. The third-order valence-corrected chi connectivity index (χ3v) is 5.15. The number of likely N-dealkylation sites (tertiary alicyclic amines) is 1. The fourth-order valence-corrected chi connectivity index (χ4v) is 3.77. The maximum atomic E-state index is 3.41. The summed E-state index contributed by atoms with van der Waals surface area (Å²) >= 11 is 1.95. The molecule has 0 saturated carbocycles. The highest BCUT2D eigenvalue weighted by atomic mass is 32.1. The van der Waals surface area contributed by atoms with Crippen LogP contribution in [0.15, 0.2) is 6.07 Å². The van der Waals surface area contributed by atoms with E-state index in [1.165, 1.54) is 34.7 Å². The van der Waals surface area contributed by atoms with E-state index >= 15 is 0 Å². The van der Waals surface area contributed by atoms with Crippen LogP contribution >= 0.6 is 11.3 Å². The second-order valence-electron chi connectivity index (χ2n) is 5.91. The average Bonchev–Trinajstić information content (AvgIpc) is 2.81. The van der Waals surface area contributed by atoms with Gasteiger partial charge in [0.15, 0.2) is 0 Å². The van der Waals surface area contributed by atoms with Gasteiger partial charge in [-0.3, -0.25) is 4.90 Å². The molecule has 3 heteroatoms. The molecule has 0 aliphatic carbocycles.